The Morgan fingerprint density at radius 3 is 2.76 bits per heavy atom. The van der Waals surface area contributed by atoms with E-state index in [1.807, 2.05) is 0 Å². The van der Waals surface area contributed by atoms with Crippen LogP contribution in [0.25, 0.3) is 0 Å². The second-order valence-electron chi connectivity index (χ2n) is 4.95. The van der Waals surface area contributed by atoms with E-state index in [-0.39, 0.29) is 23.5 Å². The van der Waals surface area contributed by atoms with E-state index in [9.17, 15) is 14.7 Å². The third-order valence-electron chi connectivity index (χ3n) is 3.56. The molecular weight excluding hydrogens is 276 g/mol. The zero-order valence-electron chi connectivity index (χ0n) is 11.6. The Kier molecular flexibility index (Phi) is 4.64. The van der Waals surface area contributed by atoms with E-state index in [1.54, 1.807) is 7.11 Å². The lowest BCUT2D eigenvalue weighted by atomic mass is 10.2. The summed E-state index contributed by atoms with van der Waals surface area (Å²) in [5, 5.41) is 23.7. The number of amides is 2. The van der Waals surface area contributed by atoms with Crippen LogP contribution in [0, 0.1) is 0 Å². The Bertz CT molecular complexity index is 546. The monoisotopic (exact) mass is 294 g/mol. The second-order valence-corrected chi connectivity index (χ2v) is 4.95. The number of carboxylic acid groups (broad SMARTS) is 1. The van der Waals surface area contributed by atoms with Crippen molar-refractivity contribution in [1.82, 2.24) is 5.32 Å². The van der Waals surface area contributed by atoms with Crippen molar-refractivity contribution in [1.29, 1.82) is 0 Å². The summed E-state index contributed by atoms with van der Waals surface area (Å²) in [4.78, 5) is 22.8. The highest BCUT2D eigenvalue weighted by atomic mass is 16.5. The van der Waals surface area contributed by atoms with Crippen LogP contribution in [0.1, 0.15) is 29.6 Å². The van der Waals surface area contributed by atoms with Crippen molar-refractivity contribution in [2.45, 2.75) is 31.4 Å². The van der Waals surface area contributed by atoms with Gasteiger partial charge in [0.1, 0.15) is 11.3 Å². The normalized spacial score (nSPS) is 21.0. The number of anilines is 1. The molecule has 1 aliphatic carbocycles. The van der Waals surface area contributed by atoms with Gasteiger partial charge in [-0.2, -0.15) is 0 Å². The van der Waals surface area contributed by atoms with Gasteiger partial charge in [-0.1, -0.05) is 0 Å². The first-order chi connectivity index (χ1) is 10.0. The number of ether oxygens (including phenoxy) is 1. The molecule has 0 radical (unpaired) electrons. The van der Waals surface area contributed by atoms with Gasteiger partial charge in [-0.3, -0.25) is 0 Å². The second kappa shape index (κ2) is 6.45. The summed E-state index contributed by atoms with van der Waals surface area (Å²) in [6, 6.07) is 3.40. The molecule has 1 aliphatic rings. The van der Waals surface area contributed by atoms with Crippen molar-refractivity contribution in [2.24, 2.45) is 0 Å². The van der Waals surface area contributed by atoms with E-state index in [0.29, 0.717) is 5.69 Å². The molecule has 114 valence electrons. The lowest BCUT2D eigenvalue weighted by Gasteiger charge is -2.20. The van der Waals surface area contributed by atoms with Crippen LogP contribution in [0.15, 0.2) is 18.2 Å². The Morgan fingerprint density at radius 2 is 2.10 bits per heavy atom. The maximum atomic E-state index is 11.9. The van der Waals surface area contributed by atoms with Gasteiger partial charge in [-0.05, 0) is 37.5 Å². The molecule has 2 rings (SSSR count). The van der Waals surface area contributed by atoms with Crippen LogP contribution < -0.4 is 10.6 Å². The Labute approximate surface area is 121 Å². The summed E-state index contributed by atoms with van der Waals surface area (Å²) in [5.41, 5.74) is 0.0399. The van der Waals surface area contributed by atoms with Crippen molar-refractivity contribution >= 4 is 17.7 Å². The third kappa shape index (κ3) is 3.63. The Morgan fingerprint density at radius 1 is 1.33 bits per heavy atom. The maximum Gasteiger partial charge on any atom is 0.339 e. The standard InChI is InChI=1S/C14H18N2O5/c1-21-12-4-2-3-10(12)16-14(20)15-8-5-6-11(17)9(7-8)13(18)19/h5-7,10,12,17H,2-4H2,1H3,(H,18,19)(H2,15,16,20). The van der Waals surface area contributed by atoms with Crippen LogP contribution in [-0.4, -0.2) is 41.5 Å². The summed E-state index contributed by atoms with van der Waals surface area (Å²) < 4.78 is 5.29. The minimum Gasteiger partial charge on any atom is -0.507 e. The predicted molar refractivity (Wildman–Crippen MR) is 75.7 cm³/mol. The molecule has 0 spiro atoms. The highest BCUT2D eigenvalue weighted by Crippen LogP contribution is 2.23. The number of hydrogen-bond donors (Lipinski definition) is 4. The number of methoxy groups -OCH3 is 1. The minimum absolute atomic E-state index is 0.00477. The number of aromatic hydroxyl groups is 1. The molecule has 21 heavy (non-hydrogen) atoms. The smallest absolute Gasteiger partial charge is 0.339 e. The number of carbonyl (C=O) groups excluding carboxylic acids is 1. The van der Waals surface area contributed by atoms with Gasteiger partial charge in [0.25, 0.3) is 0 Å². The first-order valence-electron chi connectivity index (χ1n) is 6.68. The number of nitrogens with one attached hydrogen (secondary N) is 2. The van der Waals surface area contributed by atoms with Crippen molar-refractivity contribution < 1.29 is 24.5 Å². The molecule has 0 aliphatic heterocycles. The molecule has 2 amide bonds. The zero-order chi connectivity index (χ0) is 15.4. The number of aromatic carboxylic acids is 1. The van der Waals surface area contributed by atoms with Gasteiger partial charge < -0.3 is 25.6 Å². The zero-order valence-corrected chi connectivity index (χ0v) is 11.6. The first kappa shape index (κ1) is 15.1. The lowest BCUT2D eigenvalue weighted by Crippen LogP contribution is -2.42. The van der Waals surface area contributed by atoms with E-state index < -0.39 is 12.0 Å². The molecule has 0 heterocycles. The molecule has 1 aromatic carbocycles. The van der Waals surface area contributed by atoms with Gasteiger partial charge in [0, 0.05) is 12.8 Å². The molecule has 2 atom stereocenters. The molecule has 1 saturated carbocycles. The van der Waals surface area contributed by atoms with E-state index in [1.165, 1.54) is 18.2 Å². The summed E-state index contributed by atoms with van der Waals surface area (Å²) >= 11 is 0. The largest absolute Gasteiger partial charge is 0.507 e. The van der Waals surface area contributed by atoms with Crippen LogP contribution in [-0.2, 0) is 4.74 Å². The van der Waals surface area contributed by atoms with Crippen molar-refractivity contribution in [3.8, 4) is 5.75 Å². The highest BCUT2D eigenvalue weighted by molar-refractivity contribution is 5.95. The topological polar surface area (TPSA) is 108 Å². The summed E-state index contributed by atoms with van der Waals surface area (Å²) in [5.74, 6) is -1.60. The van der Waals surface area contributed by atoms with Gasteiger partial charge in [0.2, 0.25) is 0 Å². The average molecular weight is 294 g/mol. The molecule has 7 nitrogen and oxygen atoms in total. The molecular formula is C14H18N2O5. The quantitative estimate of drug-likeness (QED) is 0.633. The van der Waals surface area contributed by atoms with E-state index in [2.05, 4.69) is 10.6 Å². The summed E-state index contributed by atoms with van der Waals surface area (Å²) in [7, 11) is 1.61. The van der Waals surface area contributed by atoms with Crippen LogP contribution >= 0.6 is 0 Å². The molecule has 2 unspecified atom stereocenters. The van der Waals surface area contributed by atoms with Crippen LogP contribution in [0.3, 0.4) is 0 Å². The van der Waals surface area contributed by atoms with Crippen molar-refractivity contribution in [3.63, 3.8) is 0 Å². The SMILES string of the molecule is COC1CCCC1NC(=O)Nc1ccc(O)c(C(=O)O)c1. The fourth-order valence-electron chi connectivity index (χ4n) is 2.49. The number of hydrogen-bond acceptors (Lipinski definition) is 4. The predicted octanol–water partition coefficient (Wildman–Crippen LogP) is 1.78. The van der Waals surface area contributed by atoms with Crippen LogP contribution in [0.4, 0.5) is 10.5 Å². The molecule has 0 bridgehead atoms. The molecule has 0 saturated heterocycles. The molecule has 4 N–H and O–H groups in total. The van der Waals surface area contributed by atoms with Crippen molar-refractivity contribution in [3.05, 3.63) is 23.8 Å². The maximum absolute atomic E-state index is 11.9. The summed E-state index contributed by atoms with van der Waals surface area (Å²) in [6.07, 6.45) is 2.75. The number of urea groups is 1. The van der Waals surface area contributed by atoms with Gasteiger partial charge >= 0.3 is 12.0 Å². The number of phenols is 1. The van der Waals surface area contributed by atoms with Crippen LogP contribution in [0.2, 0.25) is 0 Å². The number of carbonyl (C=O) groups is 2. The van der Waals surface area contributed by atoms with E-state index >= 15 is 0 Å². The number of benzene rings is 1. The molecule has 1 aromatic rings. The van der Waals surface area contributed by atoms with Gasteiger partial charge in [-0.15, -0.1) is 0 Å². The number of carboxylic acids is 1. The first-order valence-corrected chi connectivity index (χ1v) is 6.68. The Hall–Kier alpha value is -2.28. The number of rotatable bonds is 4. The van der Waals surface area contributed by atoms with Gasteiger partial charge in [-0.25, -0.2) is 9.59 Å². The van der Waals surface area contributed by atoms with Gasteiger partial charge in [0.05, 0.1) is 12.1 Å². The lowest BCUT2D eigenvalue weighted by molar-refractivity contribution is 0.0693. The van der Waals surface area contributed by atoms with E-state index in [4.69, 9.17) is 9.84 Å². The van der Waals surface area contributed by atoms with Crippen molar-refractivity contribution in [2.75, 3.05) is 12.4 Å². The van der Waals surface area contributed by atoms with E-state index in [0.717, 1.165) is 19.3 Å². The molecule has 7 heteroatoms. The third-order valence-corrected chi connectivity index (χ3v) is 3.56. The average Bonchev–Trinajstić information content (AvgIpc) is 2.87. The Balaban J connectivity index is 1.99. The fourth-order valence-corrected chi connectivity index (χ4v) is 2.49. The van der Waals surface area contributed by atoms with Crippen LogP contribution in [0.5, 0.6) is 5.75 Å². The molecule has 1 fully saturated rings. The molecule has 0 aromatic heterocycles. The fraction of sp³-hybridized carbons (Fsp3) is 0.429. The summed E-state index contributed by atoms with van der Waals surface area (Å²) in [6.45, 7) is 0. The highest BCUT2D eigenvalue weighted by Gasteiger charge is 2.28. The minimum atomic E-state index is -1.26. The van der Waals surface area contributed by atoms with Gasteiger partial charge in [0.15, 0.2) is 0 Å².